The van der Waals surface area contributed by atoms with Crippen molar-refractivity contribution in [3.63, 3.8) is 0 Å². The number of aromatic carboxylic acids is 1. The summed E-state index contributed by atoms with van der Waals surface area (Å²) in [5.41, 5.74) is 0.765. The molecule has 0 spiro atoms. The predicted octanol–water partition coefficient (Wildman–Crippen LogP) is 8.67. The smallest absolute Gasteiger partial charge is 0.339 e. The third-order valence-electron chi connectivity index (χ3n) is 6.15. The maximum absolute atomic E-state index is 11.1. The second-order valence-electron chi connectivity index (χ2n) is 8.88. The van der Waals surface area contributed by atoms with E-state index in [1.807, 2.05) is 6.07 Å². The van der Waals surface area contributed by atoms with Gasteiger partial charge in [0, 0.05) is 0 Å². The van der Waals surface area contributed by atoms with Gasteiger partial charge in [-0.05, 0) is 24.5 Å². The largest absolute Gasteiger partial charge is 0.507 e. The molecule has 3 nitrogen and oxygen atoms in total. The monoisotopic (exact) mass is 418 g/mol. The maximum atomic E-state index is 11.1. The number of para-hydroxylation sites is 1. The molecule has 172 valence electrons. The van der Waals surface area contributed by atoms with Crippen LogP contribution >= 0.6 is 0 Å². The van der Waals surface area contributed by atoms with Crippen LogP contribution in [0, 0.1) is 0 Å². The van der Waals surface area contributed by atoms with Gasteiger partial charge >= 0.3 is 5.97 Å². The number of rotatable bonds is 20. The molecule has 0 fully saturated rings. The Morgan fingerprint density at radius 3 is 1.47 bits per heavy atom. The molecular formula is C27H46O3. The molecule has 0 saturated carbocycles. The zero-order chi connectivity index (χ0) is 21.9. The minimum absolute atomic E-state index is 0.00917. The number of unbranched alkanes of at least 4 members (excludes halogenated alkanes) is 17. The van der Waals surface area contributed by atoms with Crippen LogP contribution in [0.4, 0.5) is 0 Å². The molecule has 0 unspecified atom stereocenters. The Labute approximate surface area is 185 Å². The van der Waals surface area contributed by atoms with Gasteiger partial charge in [0.25, 0.3) is 0 Å². The van der Waals surface area contributed by atoms with Crippen molar-refractivity contribution in [2.75, 3.05) is 0 Å². The highest BCUT2D eigenvalue weighted by Crippen LogP contribution is 2.24. The highest BCUT2D eigenvalue weighted by Gasteiger charge is 2.12. The van der Waals surface area contributed by atoms with Gasteiger partial charge in [0.05, 0.1) is 0 Å². The molecule has 1 rings (SSSR count). The van der Waals surface area contributed by atoms with Crippen molar-refractivity contribution in [1.82, 2.24) is 0 Å². The Bertz CT molecular complexity index is 553. The van der Waals surface area contributed by atoms with Crippen LogP contribution in [0.5, 0.6) is 5.75 Å². The molecule has 0 aliphatic rings. The number of carboxylic acids is 1. The number of aromatic hydroxyl groups is 1. The lowest BCUT2D eigenvalue weighted by atomic mass is 10.0. The minimum atomic E-state index is -1.06. The van der Waals surface area contributed by atoms with E-state index in [9.17, 15) is 9.90 Å². The third kappa shape index (κ3) is 12.9. The van der Waals surface area contributed by atoms with Crippen molar-refractivity contribution in [1.29, 1.82) is 0 Å². The molecule has 0 atom stereocenters. The van der Waals surface area contributed by atoms with E-state index in [-0.39, 0.29) is 11.3 Å². The zero-order valence-electron chi connectivity index (χ0n) is 19.5. The van der Waals surface area contributed by atoms with Crippen molar-refractivity contribution < 1.29 is 15.0 Å². The summed E-state index contributed by atoms with van der Waals surface area (Å²) < 4.78 is 0. The van der Waals surface area contributed by atoms with Gasteiger partial charge in [0.15, 0.2) is 0 Å². The summed E-state index contributed by atoms with van der Waals surface area (Å²) in [5, 5.41) is 19.1. The number of hydrogen-bond donors (Lipinski definition) is 2. The molecule has 0 aromatic heterocycles. The lowest BCUT2D eigenvalue weighted by Gasteiger charge is -2.07. The number of phenols is 1. The molecule has 0 aliphatic heterocycles. The topological polar surface area (TPSA) is 57.5 Å². The lowest BCUT2D eigenvalue weighted by Crippen LogP contribution is -1.99. The van der Waals surface area contributed by atoms with E-state index < -0.39 is 5.97 Å². The highest BCUT2D eigenvalue weighted by molar-refractivity contribution is 5.91. The summed E-state index contributed by atoms with van der Waals surface area (Å²) in [6.45, 7) is 2.28. The van der Waals surface area contributed by atoms with Crippen LogP contribution in [0.1, 0.15) is 138 Å². The quantitative estimate of drug-likeness (QED) is 0.208. The zero-order valence-corrected chi connectivity index (χ0v) is 19.5. The van der Waals surface area contributed by atoms with Crippen LogP contribution in [0.25, 0.3) is 0 Å². The average molecular weight is 419 g/mol. The third-order valence-corrected chi connectivity index (χ3v) is 6.15. The van der Waals surface area contributed by atoms with Gasteiger partial charge in [-0.1, -0.05) is 128 Å². The fraction of sp³-hybridized carbons (Fsp3) is 0.741. The molecule has 1 aromatic rings. The molecule has 0 bridgehead atoms. The molecule has 1 aromatic carbocycles. The normalized spacial score (nSPS) is 11.1. The summed E-state index contributed by atoms with van der Waals surface area (Å²) in [7, 11) is 0. The van der Waals surface area contributed by atoms with Crippen molar-refractivity contribution in [3.8, 4) is 5.75 Å². The minimum Gasteiger partial charge on any atom is -0.507 e. The van der Waals surface area contributed by atoms with Gasteiger partial charge < -0.3 is 10.2 Å². The number of aryl methyl sites for hydroxylation is 1. The second kappa shape index (κ2) is 18.3. The fourth-order valence-corrected chi connectivity index (χ4v) is 4.18. The van der Waals surface area contributed by atoms with Crippen LogP contribution in [-0.4, -0.2) is 16.2 Å². The molecule has 0 amide bonds. The van der Waals surface area contributed by atoms with E-state index in [0.29, 0.717) is 0 Å². The average Bonchev–Trinajstić information content (AvgIpc) is 2.73. The van der Waals surface area contributed by atoms with E-state index in [0.717, 1.165) is 24.8 Å². The Balaban J connectivity index is 1.85. The van der Waals surface area contributed by atoms with Crippen molar-refractivity contribution in [3.05, 3.63) is 29.3 Å². The van der Waals surface area contributed by atoms with Gasteiger partial charge in [-0.15, -0.1) is 0 Å². The second-order valence-corrected chi connectivity index (χ2v) is 8.88. The van der Waals surface area contributed by atoms with E-state index >= 15 is 0 Å². The Morgan fingerprint density at radius 2 is 1.07 bits per heavy atom. The van der Waals surface area contributed by atoms with E-state index in [1.54, 1.807) is 6.07 Å². The molecular weight excluding hydrogens is 372 g/mol. The standard InChI is InChI=1S/C27H46O3/c1-2-3-4-5-6-7-8-9-10-11-12-13-14-15-16-17-18-19-21-24-22-20-23-25(26(24)28)27(29)30/h20,22-23,28H,2-19,21H2,1H3,(H,29,30). The van der Waals surface area contributed by atoms with Gasteiger partial charge in [-0.2, -0.15) is 0 Å². The predicted molar refractivity (Wildman–Crippen MR) is 128 cm³/mol. The van der Waals surface area contributed by atoms with E-state index in [4.69, 9.17) is 5.11 Å². The summed E-state index contributed by atoms with van der Waals surface area (Å²) in [6.07, 6.45) is 25.1. The van der Waals surface area contributed by atoms with E-state index in [1.165, 1.54) is 109 Å². The summed E-state index contributed by atoms with van der Waals surface area (Å²) >= 11 is 0. The van der Waals surface area contributed by atoms with Crippen LogP contribution in [0.3, 0.4) is 0 Å². The Hall–Kier alpha value is -1.51. The first-order valence-corrected chi connectivity index (χ1v) is 12.7. The number of carbonyl (C=O) groups is 1. The molecule has 0 radical (unpaired) electrons. The first-order chi connectivity index (χ1) is 14.7. The molecule has 0 aliphatic carbocycles. The Morgan fingerprint density at radius 1 is 0.667 bits per heavy atom. The summed E-state index contributed by atoms with van der Waals surface area (Å²) in [5.74, 6) is -1.12. The van der Waals surface area contributed by atoms with E-state index in [2.05, 4.69) is 6.92 Å². The highest BCUT2D eigenvalue weighted by atomic mass is 16.4. The molecule has 0 saturated heterocycles. The number of carboxylic acid groups (broad SMARTS) is 1. The fourth-order valence-electron chi connectivity index (χ4n) is 4.18. The van der Waals surface area contributed by atoms with Gasteiger partial charge in [-0.3, -0.25) is 0 Å². The van der Waals surface area contributed by atoms with Gasteiger partial charge in [0.1, 0.15) is 11.3 Å². The first kappa shape index (κ1) is 26.5. The first-order valence-electron chi connectivity index (χ1n) is 12.7. The van der Waals surface area contributed by atoms with Crippen LogP contribution < -0.4 is 0 Å². The lowest BCUT2D eigenvalue weighted by molar-refractivity contribution is 0.0693. The molecule has 2 N–H and O–H groups in total. The van der Waals surface area contributed by atoms with Crippen LogP contribution in [0.15, 0.2) is 18.2 Å². The molecule has 3 heteroatoms. The van der Waals surface area contributed by atoms with Crippen LogP contribution in [0.2, 0.25) is 0 Å². The summed E-state index contributed by atoms with van der Waals surface area (Å²) in [6, 6.07) is 5.00. The van der Waals surface area contributed by atoms with Crippen molar-refractivity contribution >= 4 is 5.97 Å². The van der Waals surface area contributed by atoms with Crippen molar-refractivity contribution in [2.24, 2.45) is 0 Å². The van der Waals surface area contributed by atoms with Crippen molar-refractivity contribution in [2.45, 2.75) is 129 Å². The molecule has 30 heavy (non-hydrogen) atoms. The SMILES string of the molecule is CCCCCCCCCCCCCCCCCCCCc1cccc(C(=O)O)c1O. The molecule has 0 heterocycles. The maximum Gasteiger partial charge on any atom is 0.339 e. The number of hydrogen-bond acceptors (Lipinski definition) is 2. The van der Waals surface area contributed by atoms with Gasteiger partial charge in [-0.25, -0.2) is 4.79 Å². The number of benzene rings is 1. The van der Waals surface area contributed by atoms with Crippen LogP contribution in [-0.2, 0) is 6.42 Å². The Kier molecular flexibility index (Phi) is 16.2. The van der Waals surface area contributed by atoms with Gasteiger partial charge in [0.2, 0.25) is 0 Å². The summed E-state index contributed by atoms with van der Waals surface area (Å²) in [4.78, 5) is 11.1.